The van der Waals surface area contributed by atoms with Gasteiger partial charge in [0, 0.05) is 6.42 Å². The largest absolute Gasteiger partial charge is 0.467 e. The number of hydrogen-bond acceptors (Lipinski definition) is 9. The van der Waals surface area contributed by atoms with Crippen LogP contribution in [0.5, 0.6) is 0 Å². The third kappa shape index (κ3) is 7.57. The first-order chi connectivity index (χ1) is 17.8. The summed E-state index contributed by atoms with van der Waals surface area (Å²) in [6, 6.07) is 17.2. The second-order valence-corrected chi connectivity index (χ2v) is 8.54. The predicted molar refractivity (Wildman–Crippen MR) is 135 cm³/mol. The molecular formula is C27H31N3O7. The molecule has 2 aromatic carbocycles. The van der Waals surface area contributed by atoms with Crippen molar-refractivity contribution in [1.82, 2.24) is 10.3 Å². The Kier molecular flexibility index (Phi) is 9.65. The van der Waals surface area contributed by atoms with E-state index in [0.717, 1.165) is 11.1 Å². The van der Waals surface area contributed by atoms with E-state index < -0.39 is 30.1 Å². The van der Waals surface area contributed by atoms with Crippen molar-refractivity contribution in [3.63, 3.8) is 0 Å². The molecule has 0 fully saturated rings. The summed E-state index contributed by atoms with van der Waals surface area (Å²) in [5.41, 5.74) is 1.51. The first kappa shape index (κ1) is 27.3. The minimum Gasteiger partial charge on any atom is -0.467 e. The summed E-state index contributed by atoms with van der Waals surface area (Å²) in [6.07, 6.45) is -0.526. The summed E-state index contributed by atoms with van der Waals surface area (Å²) >= 11 is 0. The van der Waals surface area contributed by atoms with E-state index in [2.05, 4.69) is 15.6 Å². The number of carbonyl (C=O) groups is 3. The smallest absolute Gasteiger partial charge is 0.407 e. The molecule has 1 amide bonds. The molecule has 3 aromatic rings. The highest BCUT2D eigenvalue weighted by Crippen LogP contribution is 2.25. The summed E-state index contributed by atoms with van der Waals surface area (Å²) in [5, 5.41) is 5.75. The molecule has 0 bridgehead atoms. The lowest BCUT2D eigenvalue weighted by Crippen LogP contribution is -2.35. The van der Waals surface area contributed by atoms with Crippen molar-refractivity contribution in [3.05, 3.63) is 83.4 Å². The Morgan fingerprint density at radius 3 is 2.19 bits per heavy atom. The lowest BCUT2D eigenvalue weighted by atomic mass is 10.0. The highest BCUT2D eigenvalue weighted by molar-refractivity contribution is 5.93. The van der Waals surface area contributed by atoms with Crippen LogP contribution in [0.15, 0.2) is 65.1 Å². The van der Waals surface area contributed by atoms with E-state index in [1.807, 2.05) is 74.5 Å². The molecule has 0 spiro atoms. The van der Waals surface area contributed by atoms with Crippen LogP contribution in [0.25, 0.3) is 0 Å². The molecule has 0 unspecified atom stereocenters. The lowest BCUT2D eigenvalue weighted by Gasteiger charge is -2.19. The fraction of sp³-hybridized carbons (Fsp3) is 0.333. The first-order valence-corrected chi connectivity index (χ1v) is 11.8. The summed E-state index contributed by atoms with van der Waals surface area (Å²) in [7, 11) is 2.50. The number of methoxy groups -OCH3 is 2. The number of amides is 1. The highest BCUT2D eigenvalue weighted by Gasteiger charge is 2.30. The van der Waals surface area contributed by atoms with E-state index in [9.17, 15) is 14.4 Å². The maximum absolute atomic E-state index is 12.6. The van der Waals surface area contributed by atoms with E-state index in [-0.39, 0.29) is 36.4 Å². The van der Waals surface area contributed by atoms with E-state index >= 15 is 0 Å². The van der Waals surface area contributed by atoms with Crippen LogP contribution in [-0.2, 0) is 32.0 Å². The van der Waals surface area contributed by atoms with Crippen LogP contribution >= 0.6 is 0 Å². The average Bonchev–Trinajstić information content (AvgIpc) is 3.32. The van der Waals surface area contributed by atoms with Gasteiger partial charge in [-0.1, -0.05) is 74.5 Å². The van der Waals surface area contributed by atoms with Crippen LogP contribution in [0, 0.1) is 5.92 Å². The molecule has 0 aliphatic carbocycles. The van der Waals surface area contributed by atoms with Gasteiger partial charge in [0.25, 0.3) is 0 Å². The molecule has 3 rings (SSSR count). The van der Waals surface area contributed by atoms with Crippen molar-refractivity contribution in [2.24, 2.45) is 5.92 Å². The molecule has 10 heteroatoms. The second-order valence-electron chi connectivity index (χ2n) is 8.54. The van der Waals surface area contributed by atoms with Gasteiger partial charge in [-0.05, 0) is 17.0 Å². The Labute approximate surface area is 215 Å². The number of benzene rings is 2. The van der Waals surface area contributed by atoms with E-state index in [4.69, 9.17) is 18.6 Å². The number of hydrogen-bond donors (Lipinski definition) is 2. The SMILES string of the molecule is COC(=O)c1nc(C[C@H](NC(=O)OCc2ccccc2)c2ccccc2)oc1N[C@H](C(=O)OC)C(C)C. The molecule has 0 radical (unpaired) electrons. The van der Waals surface area contributed by atoms with Crippen LogP contribution < -0.4 is 10.6 Å². The van der Waals surface area contributed by atoms with Gasteiger partial charge in [-0.25, -0.2) is 19.4 Å². The van der Waals surface area contributed by atoms with Gasteiger partial charge < -0.3 is 29.3 Å². The van der Waals surface area contributed by atoms with Gasteiger partial charge in [0.1, 0.15) is 12.6 Å². The molecule has 196 valence electrons. The summed E-state index contributed by atoms with van der Waals surface area (Å²) in [4.78, 5) is 41.6. The number of oxazole rings is 1. The van der Waals surface area contributed by atoms with Crippen LogP contribution in [0.3, 0.4) is 0 Å². The van der Waals surface area contributed by atoms with Crippen molar-refractivity contribution in [2.75, 3.05) is 19.5 Å². The number of alkyl carbamates (subject to hydrolysis) is 1. The molecule has 2 N–H and O–H groups in total. The minimum absolute atomic E-state index is 0.0237. The van der Waals surface area contributed by atoms with Gasteiger partial charge >= 0.3 is 18.0 Å². The van der Waals surface area contributed by atoms with Crippen LogP contribution in [0.4, 0.5) is 10.7 Å². The Balaban J connectivity index is 1.83. The standard InChI is InChI=1S/C27H31N3O7/c1-17(2)22(25(31)34-3)30-24-23(26(32)35-4)29-21(37-24)15-20(19-13-9-6-10-14-19)28-27(33)36-16-18-11-7-5-8-12-18/h5-14,17,20,22,30H,15-16H2,1-4H3,(H,28,33)/t20-,22-/m0/s1. The molecule has 2 atom stereocenters. The van der Waals surface area contributed by atoms with Crippen molar-refractivity contribution >= 4 is 23.9 Å². The van der Waals surface area contributed by atoms with Gasteiger partial charge in [0.15, 0.2) is 5.89 Å². The highest BCUT2D eigenvalue weighted by atomic mass is 16.5. The zero-order chi connectivity index (χ0) is 26.8. The number of nitrogens with one attached hydrogen (secondary N) is 2. The van der Waals surface area contributed by atoms with E-state index in [1.165, 1.54) is 14.2 Å². The Hall–Kier alpha value is -4.34. The van der Waals surface area contributed by atoms with Gasteiger partial charge in [0.05, 0.1) is 20.3 Å². The van der Waals surface area contributed by atoms with Crippen LogP contribution in [-0.4, -0.2) is 43.3 Å². The minimum atomic E-state index is -0.787. The number of rotatable bonds is 11. The Morgan fingerprint density at radius 1 is 0.946 bits per heavy atom. The maximum Gasteiger partial charge on any atom is 0.407 e. The normalized spacial score (nSPS) is 12.4. The van der Waals surface area contributed by atoms with Gasteiger partial charge in [-0.2, -0.15) is 0 Å². The van der Waals surface area contributed by atoms with E-state index in [0.29, 0.717) is 0 Å². The molecule has 1 aromatic heterocycles. The quantitative estimate of drug-likeness (QED) is 0.287. The van der Waals surface area contributed by atoms with Crippen LogP contribution in [0.1, 0.15) is 47.4 Å². The topological polar surface area (TPSA) is 129 Å². The molecule has 37 heavy (non-hydrogen) atoms. The van der Waals surface area contributed by atoms with Gasteiger partial charge in [0.2, 0.25) is 11.6 Å². The molecular weight excluding hydrogens is 478 g/mol. The lowest BCUT2D eigenvalue weighted by molar-refractivity contribution is -0.142. The first-order valence-electron chi connectivity index (χ1n) is 11.8. The number of aromatic nitrogens is 1. The predicted octanol–water partition coefficient (Wildman–Crippen LogP) is 4.28. The Bertz CT molecular complexity index is 1180. The fourth-order valence-corrected chi connectivity index (χ4v) is 3.57. The molecule has 1 heterocycles. The molecule has 0 aliphatic rings. The fourth-order valence-electron chi connectivity index (χ4n) is 3.57. The summed E-state index contributed by atoms with van der Waals surface area (Å²) in [6.45, 7) is 3.75. The van der Waals surface area contributed by atoms with Crippen molar-refractivity contribution in [3.8, 4) is 0 Å². The number of ether oxygens (including phenoxy) is 3. The number of nitrogens with zero attached hydrogens (tertiary/aromatic N) is 1. The number of carbonyl (C=O) groups excluding carboxylic acids is 3. The zero-order valence-electron chi connectivity index (χ0n) is 21.2. The number of anilines is 1. The molecule has 0 saturated carbocycles. The van der Waals surface area contributed by atoms with Gasteiger partial charge in [-0.15, -0.1) is 0 Å². The maximum atomic E-state index is 12.6. The molecule has 0 aliphatic heterocycles. The average molecular weight is 510 g/mol. The third-order valence-electron chi connectivity index (χ3n) is 5.54. The van der Waals surface area contributed by atoms with E-state index in [1.54, 1.807) is 0 Å². The Morgan fingerprint density at radius 2 is 1.59 bits per heavy atom. The summed E-state index contributed by atoms with van der Waals surface area (Å²) in [5.74, 6) is -1.31. The number of esters is 2. The zero-order valence-corrected chi connectivity index (χ0v) is 21.2. The van der Waals surface area contributed by atoms with Crippen molar-refractivity contribution in [1.29, 1.82) is 0 Å². The third-order valence-corrected chi connectivity index (χ3v) is 5.54. The van der Waals surface area contributed by atoms with Gasteiger partial charge in [-0.3, -0.25) is 0 Å². The van der Waals surface area contributed by atoms with Crippen LogP contribution in [0.2, 0.25) is 0 Å². The molecule has 0 saturated heterocycles. The van der Waals surface area contributed by atoms with Crippen molar-refractivity contribution < 1.29 is 33.0 Å². The second kappa shape index (κ2) is 13.1. The monoisotopic (exact) mass is 509 g/mol. The van der Waals surface area contributed by atoms with Crippen molar-refractivity contribution in [2.45, 2.75) is 39.0 Å². The molecule has 10 nitrogen and oxygen atoms in total. The summed E-state index contributed by atoms with van der Waals surface area (Å²) < 4.78 is 20.9.